The second-order valence-corrected chi connectivity index (χ2v) is 6.65. The fourth-order valence-corrected chi connectivity index (χ4v) is 3.60. The highest BCUT2D eigenvalue weighted by atomic mass is 32.1. The van der Waals surface area contributed by atoms with Crippen molar-refractivity contribution in [3.8, 4) is 0 Å². The lowest BCUT2D eigenvalue weighted by Gasteiger charge is -2.29. The Balaban J connectivity index is 1.78. The minimum Gasteiger partial charge on any atom is -0.393 e. The van der Waals surface area contributed by atoms with E-state index in [-0.39, 0.29) is 5.60 Å². The molecule has 0 aromatic rings. The summed E-state index contributed by atoms with van der Waals surface area (Å²) in [6.07, 6.45) is 8.91. The first-order valence-corrected chi connectivity index (χ1v) is 7.58. The highest BCUT2D eigenvalue weighted by Crippen LogP contribution is 2.43. The third-order valence-corrected chi connectivity index (χ3v) is 4.76. The molecule has 1 aliphatic carbocycles. The van der Waals surface area contributed by atoms with Crippen LogP contribution in [0.5, 0.6) is 0 Å². The molecule has 2 rings (SSSR count). The maximum Gasteiger partial charge on any atom is 0.0742 e. The van der Waals surface area contributed by atoms with Gasteiger partial charge < -0.3 is 15.4 Å². The summed E-state index contributed by atoms with van der Waals surface area (Å²) in [7, 11) is 2.14. The number of rotatable bonds is 5. The van der Waals surface area contributed by atoms with Crippen molar-refractivity contribution in [2.45, 2.75) is 69.6 Å². The second-order valence-electron chi connectivity index (χ2n) is 6.13. The summed E-state index contributed by atoms with van der Waals surface area (Å²) < 4.78 is 6.33. The van der Waals surface area contributed by atoms with Gasteiger partial charge >= 0.3 is 0 Å². The molecular weight excluding hydrogens is 244 g/mol. The predicted molar refractivity (Wildman–Crippen MR) is 78.8 cm³/mol. The largest absolute Gasteiger partial charge is 0.393 e. The standard InChI is InChI=1S/C14H26N2OS/c1-11(9-13(15)18)16(2)10-12-5-8-14(17-12)6-3-4-7-14/h11-12H,3-10H2,1-2H3,(H2,15,18). The molecule has 4 heteroatoms. The molecule has 104 valence electrons. The third kappa shape index (κ3) is 3.43. The van der Waals surface area contributed by atoms with Crippen LogP contribution in [-0.2, 0) is 4.74 Å². The van der Waals surface area contributed by atoms with Crippen LogP contribution in [0.1, 0.15) is 51.9 Å². The highest BCUT2D eigenvalue weighted by Gasteiger charge is 2.42. The number of nitrogens with zero attached hydrogens (tertiary/aromatic N) is 1. The summed E-state index contributed by atoms with van der Waals surface area (Å²) in [4.78, 5) is 2.94. The Morgan fingerprint density at radius 2 is 2.11 bits per heavy atom. The van der Waals surface area contributed by atoms with Crippen molar-refractivity contribution in [2.24, 2.45) is 5.73 Å². The van der Waals surface area contributed by atoms with Crippen molar-refractivity contribution in [3.05, 3.63) is 0 Å². The molecule has 2 aliphatic rings. The molecule has 2 unspecified atom stereocenters. The Morgan fingerprint density at radius 1 is 1.44 bits per heavy atom. The average molecular weight is 270 g/mol. The van der Waals surface area contributed by atoms with Crippen LogP contribution in [0.3, 0.4) is 0 Å². The number of ether oxygens (including phenoxy) is 1. The van der Waals surface area contributed by atoms with Gasteiger partial charge in [-0.3, -0.25) is 0 Å². The smallest absolute Gasteiger partial charge is 0.0742 e. The van der Waals surface area contributed by atoms with E-state index in [1.54, 1.807) is 0 Å². The van der Waals surface area contributed by atoms with Gasteiger partial charge in [-0.1, -0.05) is 25.1 Å². The monoisotopic (exact) mass is 270 g/mol. The van der Waals surface area contributed by atoms with Gasteiger partial charge in [0, 0.05) is 19.0 Å². The van der Waals surface area contributed by atoms with Crippen molar-refractivity contribution < 1.29 is 4.74 Å². The zero-order valence-corrected chi connectivity index (χ0v) is 12.5. The molecule has 3 nitrogen and oxygen atoms in total. The van der Waals surface area contributed by atoms with Gasteiger partial charge in [-0.05, 0) is 39.7 Å². The predicted octanol–water partition coefficient (Wildman–Crippen LogP) is 2.47. The topological polar surface area (TPSA) is 38.5 Å². The Hall–Kier alpha value is -0.190. The van der Waals surface area contributed by atoms with Crippen molar-refractivity contribution in [1.82, 2.24) is 4.90 Å². The lowest BCUT2D eigenvalue weighted by molar-refractivity contribution is -0.0476. The van der Waals surface area contributed by atoms with Crippen LogP contribution in [0.2, 0.25) is 0 Å². The van der Waals surface area contributed by atoms with Crippen LogP contribution in [0.15, 0.2) is 0 Å². The lowest BCUT2D eigenvalue weighted by atomic mass is 9.98. The van der Waals surface area contributed by atoms with E-state index in [1.165, 1.54) is 38.5 Å². The van der Waals surface area contributed by atoms with Crippen LogP contribution in [-0.4, -0.2) is 41.2 Å². The van der Waals surface area contributed by atoms with E-state index in [1.807, 2.05) is 0 Å². The summed E-state index contributed by atoms with van der Waals surface area (Å²) in [5.74, 6) is 0. The van der Waals surface area contributed by atoms with Gasteiger partial charge in [-0.25, -0.2) is 0 Å². The maximum atomic E-state index is 6.33. The van der Waals surface area contributed by atoms with Crippen LogP contribution in [0.25, 0.3) is 0 Å². The van der Waals surface area contributed by atoms with Gasteiger partial charge in [0.25, 0.3) is 0 Å². The van der Waals surface area contributed by atoms with Gasteiger partial charge in [0.2, 0.25) is 0 Å². The molecule has 2 N–H and O–H groups in total. The molecule has 1 saturated heterocycles. The molecule has 1 aliphatic heterocycles. The van der Waals surface area contributed by atoms with Crippen molar-refractivity contribution in [1.29, 1.82) is 0 Å². The summed E-state index contributed by atoms with van der Waals surface area (Å²) in [5.41, 5.74) is 5.86. The molecule has 0 aromatic heterocycles. The Bertz CT molecular complexity index is 302. The van der Waals surface area contributed by atoms with Gasteiger partial charge in [0.05, 0.1) is 16.7 Å². The number of hydrogen-bond donors (Lipinski definition) is 1. The summed E-state index contributed by atoms with van der Waals surface area (Å²) in [6.45, 7) is 3.19. The van der Waals surface area contributed by atoms with Gasteiger partial charge in [-0.2, -0.15) is 0 Å². The van der Waals surface area contributed by atoms with E-state index in [0.29, 0.717) is 17.1 Å². The van der Waals surface area contributed by atoms with E-state index in [9.17, 15) is 0 Å². The third-order valence-electron chi connectivity index (χ3n) is 4.59. The van der Waals surface area contributed by atoms with Crippen molar-refractivity contribution >= 4 is 17.2 Å². The molecule has 1 heterocycles. The number of nitrogens with two attached hydrogens (primary N) is 1. The SMILES string of the molecule is CC(CC(N)=S)N(C)CC1CCC2(CCCC2)O1. The van der Waals surface area contributed by atoms with Crippen LogP contribution < -0.4 is 5.73 Å². The number of likely N-dealkylation sites (N-methyl/N-ethyl adjacent to an activating group) is 1. The maximum absolute atomic E-state index is 6.33. The first kappa shape index (κ1) is 14.2. The van der Waals surface area contributed by atoms with E-state index in [0.717, 1.165) is 13.0 Å². The van der Waals surface area contributed by atoms with Gasteiger partial charge in [-0.15, -0.1) is 0 Å². The summed E-state index contributed by atoms with van der Waals surface area (Å²) >= 11 is 4.98. The normalized spacial score (nSPS) is 28.1. The van der Waals surface area contributed by atoms with E-state index >= 15 is 0 Å². The van der Waals surface area contributed by atoms with E-state index < -0.39 is 0 Å². The molecule has 1 spiro atoms. The Labute approximate surface area is 116 Å². The van der Waals surface area contributed by atoms with Crippen molar-refractivity contribution in [3.63, 3.8) is 0 Å². The molecule has 2 atom stereocenters. The van der Waals surface area contributed by atoms with Crippen LogP contribution >= 0.6 is 12.2 Å². The van der Waals surface area contributed by atoms with Crippen LogP contribution in [0.4, 0.5) is 0 Å². The Morgan fingerprint density at radius 3 is 2.72 bits per heavy atom. The molecule has 0 bridgehead atoms. The first-order valence-electron chi connectivity index (χ1n) is 7.17. The lowest BCUT2D eigenvalue weighted by Crippen LogP contribution is -2.38. The first-order chi connectivity index (χ1) is 8.51. The van der Waals surface area contributed by atoms with Gasteiger partial charge in [0.1, 0.15) is 0 Å². The zero-order chi connectivity index (χ0) is 13.2. The van der Waals surface area contributed by atoms with E-state index in [4.69, 9.17) is 22.7 Å². The quantitative estimate of drug-likeness (QED) is 0.779. The number of hydrogen-bond acceptors (Lipinski definition) is 3. The zero-order valence-electron chi connectivity index (χ0n) is 11.7. The minimum absolute atomic E-state index is 0.248. The molecule has 0 aromatic carbocycles. The minimum atomic E-state index is 0.248. The fourth-order valence-electron chi connectivity index (χ4n) is 3.36. The molecule has 1 saturated carbocycles. The van der Waals surface area contributed by atoms with Gasteiger partial charge in [0.15, 0.2) is 0 Å². The summed E-state index contributed by atoms with van der Waals surface area (Å²) in [6, 6.07) is 0.409. The molecule has 0 amide bonds. The summed E-state index contributed by atoms with van der Waals surface area (Å²) in [5, 5.41) is 0. The molecule has 0 radical (unpaired) electrons. The fraction of sp³-hybridized carbons (Fsp3) is 0.929. The number of thiocarbonyl (C=S) groups is 1. The Kier molecular flexibility index (Phi) is 4.62. The van der Waals surface area contributed by atoms with E-state index in [2.05, 4.69) is 18.9 Å². The second kappa shape index (κ2) is 5.85. The van der Waals surface area contributed by atoms with Crippen molar-refractivity contribution in [2.75, 3.05) is 13.6 Å². The molecule has 2 fully saturated rings. The average Bonchev–Trinajstić information content (AvgIpc) is 2.89. The van der Waals surface area contributed by atoms with Crippen LogP contribution in [0, 0.1) is 0 Å². The molecule has 18 heavy (non-hydrogen) atoms. The highest BCUT2D eigenvalue weighted by molar-refractivity contribution is 7.80. The molecular formula is C14H26N2OS.